The van der Waals surface area contributed by atoms with Gasteiger partial charge in [-0.25, -0.2) is 0 Å². The molecule has 1 aliphatic carbocycles. The van der Waals surface area contributed by atoms with Crippen LogP contribution >= 0.6 is 11.8 Å². The van der Waals surface area contributed by atoms with E-state index in [2.05, 4.69) is 0 Å². The summed E-state index contributed by atoms with van der Waals surface area (Å²) in [4.78, 5) is 11.8. The van der Waals surface area contributed by atoms with Crippen LogP contribution in [0.5, 0.6) is 0 Å². The molecule has 1 saturated heterocycles. The van der Waals surface area contributed by atoms with Crippen molar-refractivity contribution in [2.45, 2.75) is 38.5 Å². The average molecular weight is 198 g/mol. The van der Waals surface area contributed by atoms with E-state index in [4.69, 9.17) is 0 Å². The zero-order chi connectivity index (χ0) is 9.10. The van der Waals surface area contributed by atoms with Gasteiger partial charge in [-0.2, -0.15) is 11.8 Å². The highest BCUT2D eigenvalue weighted by atomic mass is 32.2. The third-order valence-electron chi connectivity index (χ3n) is 3.35. The Labute approximate surface area is 84.7 Å². The summed E-state index contributed by atoms with van der Waals surface area (Å²) in [5.41, 5.74) is 0. The molecule has 2 fully saturated rings. The third kappa shape index (κ3) is 2.49. The van der Waals surface area contributed by atoms with Gasteiger partial charge in [0.15, 0.2) is 0 Å². The topological polar surface area (TPSA) is 17.1 Å². The molecule has 1 atom stereocenters. The van der Waals surface area contributed by atoms with Crippen molar-refractivity contribution in [3.8, 4) is 0 Å². The van der Waals surface area contributed by atoms with Crippen LogP contribution in [-0.4, -0.2) is 17.3 Å². The molecule has 0 radical (unpaired) electrons. The molecule has 0 bridgehead atoms. The minimum absolute atomic E-state index is 0.422. The largest absolute Gasteiger partial charge is 0.299 e. The summed E-state index contributed by atoms with van der Waals surface area (Å²) in [6.45, 7) is 0. The predicted molar refractivity (Wildman–Crippen MR) is 57.0 cm³/mol. The highest BCUT2D eigenvalue weighted by Crippen LogP contribution is 2.31. The number of hydrogen-bond donors (Lipinski definition) is 0. The fourth-order valence-corrected chi connectivity index (χ4v) is 3.71. The maximum atomic E-state index is 11.8. The molecular weight excluding hydrogens is 180 g/mol. The molecule has 0 aromatic rings. The lowest BCUT2D eigenvalue weighted by Gasteiger charge is -2.11. The van der Waals surface area contributed by atoms with Crippen molar-refractivity contribution in [3.63, 3.8) is 0 Å². The lowest BCUT2D eigenvalue weighted by molar-refractivity contribution is -0.123. The molecule has 0 N–H and O–H groups in total. The zero-order valence-electron chi connectivity index (χ0n) is 8.13. The summed E-state index contributed by atoms with van der Waals surface area (Å²) in [5.74, 6) is 4.05. The van der Waals surface area contributed by atoms with Crippen molar-refractivity contribution in [2.75, 3.05) is 11.5 Å². The first-order chi connectivity index (χ1) is 6.36. The number of thioether (sulfide) groups is 1. The first kappa shape index (κ1) is 9.57. The zero-order valence-corrected chi connectivity index (χ0v) is 8.94. The summed E-state index contributed by atoms with van der Waals surface area (Å²) in [6, 6.07) is 0. The molecular formula is C11H18OS. The van der Waals surface area contributed by atoms with Crippen LogP contribution in [-0.2, 0) is 4.79 Å². The Morgan fingerprint density at radius 2 is 2.00 bits per heavy atom. The van der Waals surface area contributed by atoms with Crippen LogP contribution in [0.3, 0.4) is 0 Å². The van der Waals surface area contributed by atoms with Crippen molar-refractivity contribution >= 4 is 17.5 Å². The molecule has 1 unspecified atom stereocenters. The van der Waals surface area contributed by atoms with Crippen LogP contribution in [0.4, 0.5) is 0 Å². The second-order valence-electron chi connectivity index (χ2n) is 4.38. The first-order valence-electron chi connectivity index (χ1n) is 5.46. The highest BCUT2D eigenvalue weighted by Gasteiger charge is 2.26. The molecule has 0 amide bonds. The fraction of sp³-hybridized carbons (Fsp3) is 0.909. The Balaban J connectivity index is 1.76. The molecule has 13 heavy (non-hydrogen) atoms. The fourth-order valence-electron chi connectivity index (χ4n) is 2.45. The van der Waals surface area contributed by atoms with Gasteiger partial charge in [-0.3, -0.25) is 4.79 Å². The van der Waals surface area contributed by atoms with Crippen LogP contribution in [0.1, 0.15) is 38.5 Å². The monoisotopic (exact) mass is 198 g/mol. The van der Waals surface area contributed by atoms with Crippen LogP contribution in [0, 0.1) is 11.8 Å². The van der Waals surface area contributed by atoms with E-state index >= 15 is 0 Å². The normalized spacial score (nSPS) is 29.7. The minimum atomic E-state index is 0.422. The molecule has 0 aromatic carbocycles. The Morgan fingerprint density at radius 1 is 1.23 bits per heavy atom. The second kappa shape index (κ2) is 4.50. The van der Waals surface area contributed by atoms with Gasteiger partial charge in [0.1, 0.15) is 5.78 Å². The summed E-state index contributed by atoms with van der Waals surface area (Å²) in [6.07, 6.45) is 7.38. The maximum absolute atomic E-state index is 11.8. The van der Waals surface area contributed by atoms with Gasteiger partial charge in [0, 0.05) is 18.1 Å². The van der Waals surface area contributed by atoms with E-state index < -0.39 is 0 Å². The van der Waals surface area contributed by atoms with Crippen LogP contribution in [0.2, 0.25) is 0 Å². The molecule has 1 saturated carbocycles. The van der Waals surface area contributed by atoms with Crippen LogP contribution in [0.15, 0.2) is 0 Å². The predicted octanol–water partition coefficient (Wildman–Crippen LogP) is 2.89. The smallest absolute Gasteiger partial charge is 0.137 e. The quantitative estimate of drug-likeness (QED) is 0.693. The summed E-state index contributed by atoms with van der Waals surface area (Å²) < 4.78 is 0. The standard InChI is InChI=1S/C11H18OS/c12-11(10-5-6-13-8-10)7-9-3-1-2-4-9/h9-10H,1-8H2. The first-order valence-corrected chi connectivity index (χ1v) is 6.62. The number of carbonyl (C=O) groups excluding carboxylic acids is 1. The van der Waals surface area contributed by atoms with Crippen molar-refractivity contribution in [2.24, 2.45) is 11.8 Å². The van der Waals surface area contributed by atoms with Gasteiger partial charge >= 0.3 is 0 Å². The Bertz CT molecular complexity index is 179. The van der Waals surface area contributed by atoms with E-state index in [1.165, 1.54) is 31.4 Å². The number of carbonyl (C=O) groups is 1. The van der Waals surface area contributed by atoms with Crippen LogP contribution in [0.25, 0.3) is 0 Å². The average Bonchev–Trinajstić information content (AvgIpc) is 2.74. The SMILES string of the molecule is O=C(CC1CCCC1)C1CCSC1. The molecule has 2 rings (SSSR count). The van der Waals surface area contributed by atoms with E-state index in [0.717, 1.165) is 24.5 Å². The van der Waals surface area contributed by atoms with Crippen molar-refractivity contribution in [1.82, 2.24) is 0 Å². The van der Waals surface area contributed by atoms with E-state index in [-0.39, 0.29) is 0 Å². The van der Waals surface area contributed by atoms with E-state index in [1.54, 1.807) is 0 Å². The highest BCUT2D eigenvalue weighted by molar-refractivity contribution is 7.99. The van der Waals surface area contributed by atoms with Gasteiger partial charge in [-0.15, -0.1) is 0 Å². The van der Waals surface area contributed by atoms with Crippen molar-refractivity contribution in [3.05, 3.63) is 0 Å². The maximum Gasteiger partial charge on any atom is 0.137 e. The van der Waals surface area contributed by atoms with Gasteiger partial charge < -0.3 is 0 Å². The third-order valence-corrected chi connectivity index (χ3v) is 4.51. The molecule has 0 spiro atoms. The second-order valence-corrected chi connectivity index (χ2v) is 5.53. The molecule has 0 aromatic heterocycles. The van der Waals surface area contributed by atoms with Gasteiger partial charge in [0.05, 0.1) is 0 Å². The van der Waals surface area contributed by atoms with Gasteiger partial charge in [-0.05, 0) is 18.1 Å². The molecule has 1 nitrogen and oxygen atoms in total. The number of rotatable bonds is 3. The van der Waals surface area contributed by atoms with E-state index in [9.17, 15) is 4.79 Å². The van der Waals surface area contributed by atoms with Gasteiger partial charge in [0.25, 0.3) is 0 Å². The van der Waals surface area contributed by atoms with Crippen molar-refractivity contribution < 1.29 is 4.79 Å². The van der Waals surface area contributed by atoms with E-state index in [1.807, 2.05) is 11.8 Å². The summed E-state index contributed by atoms with van der Waals surface area (Å²) >= 11 is 1.95. The molecule has 1 heterocycles. The molecule has 74 valence electrons. The minimum Gasteiger partial charge on any atom is -0.299 e. The lowest BCUT2D eigenvalue weighted by atomic mass is 9.93. The Kier molecular flexibility index (Phi) is 3.31. The molecule has 1 aliphatic heterocycles. The van der Waals surface area contributed by atoms with Gasteiger partial charge in [-0.1, -0.05) is 25.7 Å². The van der Waals surface area contributed by atoms with Crippen LogP contribution < -0.4 is 0 Å². The van der Waals surface area contributed by atoms with E-state index in [0.29, 0.717) is 11.7 Å². The Morgan fingerprint density at radius 3 is 2.62 bits per heavy atom. The molecule has 2 aliphatic rings. The molecule has 2 heteroatoms. The summed E-state index contributed by atoms with van der Waals surface area (Å²) in [5, 5.41) is 0. The van der Waals surface area contributed by atoms with Crippen molar-refractivity contribution in [1.29, 1.82) is 0 Å². The lowest BCUT2D eigenvalue weighted by Crippen LogP contribution is -2.16. The van der Waals surface area contributed by atoms with Gasteiger partial charge in [0.2, 0.25) is 0 Å². The number of Topliss-reactive ketones (excluding diaryl/α,β-unsaturated/α-hetero) is 1. The Hall–Kier alpha value is 0.0200. The number of hydrogen-bond acceptors (Lipinski definition) is 2. The summed E-state index contributed by atoms with van der Waals surface area (Å²) in [7, 11) is 0. The number of ketones is 1.